The summed E-state index contributed by atoms with van der Waals surface area (Å²) >= 11 is 13.1. The van der Waals surface area contributed by atoms with E-state index in [1.807, 2.05) is 0 Å². The molecule has 0 aliphatic rings. The monoisotopic (exact) mass is 438 g/mol. The Labute approximate surface area is 157 Å². The summed E-state index contributed by atoms with van der Waals surface area (Å²) in [6.07, 6.45) is 0. The summed E-state index contributed by atoms with van der Waals surface area (Å²) < 4.78 is 4.50. The van der Waals surface area contributed by atoms with Crippen LogP contribution in [0.1, 0.15) is 0 Å². The van der Waals surface area contributed by atoms with Crippen molar-refractivity contribution in [2.75, 3.05) is 0 Å². The van der Waals surface area contributed by atoms with Gasteiger partial charge in [-0.05, 0) is 0 Å². The van der Waals surface area contributed by atoms with Gasteiger partial charge in [0.25, 0.3) is 0 Å². The first-order valence-corrected chi connectivity index (χ1v) is 14.7. The van der Waals surface area contributed by atoms with Gasteiger partial charge in [-0.1, -0.05) is 0 Å². The van der Waals surface area contributed by atoms with Crippen LogP contribution in [0.5, 0.6) is 0 Å². The molecule has 3 aromatic rings. The molecule has 5 heteroatoms. The maximum atomic E-state index is 4.91. The van der Waals surface area contributed by atoms with E-state index in [1.165, 1.54) is 13.2 Å². The summed E-state index contributed by atoms with van der Waals surface area (Å²) in [5, 5.41) is 0. The van der Waals surface area contributed by atoms with Crippen LogP contribution in [0.15, 0.2) is 91.0 Å². The molecule has 3 rings (SSSR count). The van der Waals surface area contributed by atoms with E-state index in [1.54, 1.807) is 0 Å². The second kappa shape index (κ2) is 10.2. The first kappa shape index (κ1) is 18.6. The second-order valence-electron chi connectivity index (χ2n) is 4.69. The van der Waals surface area contributed by atoms with Crippen molar-refractivity contribution >= 4 is 67.5 Å². The minimum atomic E-state index is -1.63. The van der Waals surface area contributed by atoms with Crippen molar-refractivity contribution in [3.05, 3.63) is 91.0 Å². The zero-order valence-corrected chi connectivity index (χ0v) is 17.7. The molecule has 0 fully saturated rings. The van der Waals surface area contributed by atoms with E-state index >= 15 is 0 Å². The van der Waals surface area contributed by atoms with Crippen LogP contribution in [0.3, 0.4) is 0 Å². The molecular weight excluding hydrogens is 423 g/mol. The normalized spacial score (nSPS) is 10.3. The fourth-order valence-electron chi connectivity index (χ4n) is 2.31. The predicted molar refractivity (Wildman–Crippen MR) is 107 cm³/mol. The van der Waals surface area contributed by atoms with Crippen LogP contribution in [-0.4, -0.2) is 21.1 Å². The molecule has 2 radical (unpaired) electrons. The molecule has 0 heterocycles. The Balaban J connectivity index is 0.000000433. The molecule has 23 heavy (non-hydrogen) atoms. The molecule has 0 saturated heterocycles. The number of rotatable bonds is 3. The van der Waals surface area contributed by atoms with Crippen LogP contribution in [-0.2, 0) is 0 Å². The van der Waals surface area contributed by atoms with E-state index in [-0.39, 0.29) is 0 Å². The fraction of sp³-hybridized carbons (Fsp3) is 0. The van der Waals surface area contributed by atoms with Crippen LogP contribution in [0, 0.1) is 0 Å². The molecule has 0 aliphatic carbocycles. The second-order valence-corrected chi connectivity index (χ2v) is 15.5. The van der Waals surface area contributed by atoms with Crippen LogP contribution in [0.2, 0.25) is 0 Å². The Kier molecular flexibility index (Phi) is 8.27. The molecule has 0 spiro atoms. The van der Waals surface area contributed by atoms with Crippen molar-refractivity contribution in [1.29, 1.82) is 0 Å². The van der Waals surface area contributed by atoms with Crippen molar-refractivity contribution in [1.82, 2.24) is 0 Å². The van der Waals surface area contributed by atoms with Crippen molar-refractivity contribution in [3.63, 3.8) is 0 Å². The molecule has 0 nitrogen and oxygen atoms in total. The van der Waals surface area contributed by atoms with Crippen LogP contribution in [0.4, 0.5) is 0 Å². The summed E-state index contributed by atoms with van der Waals surface area (Å²) in [4.78, 5) is 0. The molecule has 0 N–H and O–H groups in total. The van der Waals surface area contributed by atoms with Crippen molar-refractivity contribution in [3.8, 4) is 0 Å². The maximum absolute atomic E-state index is 4.91. The van der Waals surface area contributed by atoms with Gasteiger partial charge >= 0.3 is 125 Å². The van der Waals surface area contributed by atoms with Crippen molar-refractivity contribution in [2.24, 2.45) is 0 Å². The van der Waals surface area contributed by atoms with Crippen molar-refractivity contribution in [2.45, 2.75) is 0 Å². The van der Waals surface area contributed by atoms with E-state index in [2.05, 4.69) is 91.0 Å². The third-order valence-electron chi connectivity index (χ3n) is 3.19. The molecule has 0 aromatic heterocycles. The van der Waals surface area contributed by atoms with Crippen LogP contribution < -0.4 is 13.2 Å². The third kappa shape index (κ3) is 6.36. The van der Waals surface area contributed by atoms with Gasteiger partial charge in [-0.25, -0.2) is 0 Å². The first-order valence-electron chi connectivity index (χ1n) is 7.05. The number of hydrogen-bond donors (Lipinski definition) is 0. The van der Waals surface area contributed by atoms with Gasteiger partial charge in [0, 0.05) is 0 Å². The molecule has 0 saturated carbocycles. The summed E-state index contributed by atoms with van der Waals surface area (Å²) in [6.45, 7) is -1.46. The minimum absolute atomic E-state index is 1.46. The van der Waals surface area contributed by atoms with Gasteiger partial charge in [-0.3, -0.25) is 0 Å². The Hall–Kier alpha value is -0.710. The predicted octanol–water partition coefficient (Wildman–Crippen LogP) is 3.89. The summed E-state index contributed by atoms with van der Waals surface area (Å²) in [6, 6.07) is 32.8. The van der Waals surface area contributed by atoms with E-state index in [4.69, 9.17) is 33.2 Å². The average Bonchev–Trinajstić information content (AvgIpc) is 2.58. The Bertz CT molecular complexity index is 582. The van der Waals surface area contributed by atoms with Gasteiger partial charge in [0.05, 0.1) is 0 Å². The van der Waals surface area contributed by atoms with E-state index < -0.39 is 21.1 Å². The fourth-order valence-corrected chi connectivity index (χ4v) is 7.72. The summed E-state index contributed by atoms with van der Waals surface area (Å²) in [5.74, 6) is 0. The number of hydrogen-bond acceptors (Lipinski definition) is 0. The van der Waals surface area contributed by atoms with Gasteiger partial charge < -0.3 is 0 Å². The van der Waals surface area contributed by atoms with Gasteiger partial charge in [0.15, 0.2) is 0 Å². The van der Waals surface area contributed by atoms with E-state index in [9.17, 15) is 0 Å². The summed E-state index contributed by atoms with van der Waals surface area (Å²) in [5.41, 5.74) is 0. The van der Waals surface area contributed by atoms with E-state index in [0.717, 1.165) is 0 Å². The Morgan fingerprint density at radius 2 is 0.696 bits per heavy atom. The molecule has 0 unspecified atom stereocenters. The molecule has 0 bridgehead atoms. The quantitative estimate of drug-likeness (QED) is 0.430. The van der Waals surface area contributed by atoms with Gasteiger partial charge in [-0.2, -0.15) is 0 Å². The first-order chi connectivity index (χ1) is 11.2. The molecule has 0 atom stereocenters. The molecule has 0 aliphatic heterocycles. The van der Waals surface area contributed by atoms with E-state index in [0.29, 0.717) is 0 Å². The van der Waals surface area contributed by atoms with Gasteiger partial charge in [-0.15, -0.1) is 33.2 Å². The molecule has 3 aromatic carbocycles. The van der Waals surface area contributed by atoms with Crippen LogP contribution >= 0.6 is 33.2 Å². The SMILES string of the molecule is Cl[Si](Cl)Cl.c1cc[c]([Ge]([c]2ccccc2)[c]2ccccc2)cc1. The van der Waals surface area contributed by atoms with Crippen molar-refractivity contribution < 1.29 is 0 Å². The zero-order chi connectivity index (χ0) is 16.5. The molecular formula is C18H15Cl3GeSi. The third-order valence-corrected chi connectivity index (χ3v) is 8.92. The molecule has 116 valence electrons. The summed E-state index contributed by atoms with van der Waals surface area (Å²) in [7, 11) is 0. The number of benzene rings is 3. The number of halogens is 3. The Morgan fingerprint density at radius 1 is 0.478 bits per heavy atom. The average molecular weight is 438 g/mol. The van der Waals surface area contributed by atoms with Gasteiger partial charge in [0.2, 0.25) is 0 Å². The zero-order valence-electron chi connectivity index (χ0n) is 12.3. The molecule has 0 amide bonds. The standard InChI is InChI=1S/C18H15Ge.Cl3Si/c1-4-10-16(11-5-1)19(17-12-6-2-7-13-17)18-14-8-3-9-15-18;1-4(2)3/h1-15H;. The van der Waals surface area contributed by atoms with Crippen LogP contribution in [0.25, 0.3) is 0 Å². The van der Waals surface area contributed by atoms with Gasteiger partial charge in [0.1, 0.15) is 0 Å². The topological polar surface area (TPSA) is 0 Å². The Morgan fingerprint density at radius 3 is 0.913 bits per heavy atom.